The Morgan fingerprint density at radius 2 is 1.82 bits per heavy atom. The van der Waals surface area contributed by atoms with E-state index < -0.39 is 48.1 Å². The minimum absolute atomic E-state index is 0.568. The Balaban J connectivity index is 2.04. The molecule has 2 atom stereocenters. The van der Waals surface area contributed by atoms with Crippen LogP contribution in [0.1, 0.15) is 25.0 Å². The number of ether oxygens (including phenoxy) is 2. The second-order valence-electron chi connectivity index (χ2n) is 6.43. The number of imide groups is 2. The average Bonchev–Trinajstić information content (AvgIpc) is 2.85. The van der Waals surface area contributed by atoms with Gasteiger partial charge in [-0.25, -0.2) is 9.59 Å². The van der Waals surface area contributed by atoms with Gasteiger partial charge in [-0.15, -0.1) is 0 Å². The summed E-state index contributed by atoms with van der Waals surface area (Å²) in [6, 6.07) is 6.29. The van der Waals surface area contributed by atoms with Crippen molar-refractivity contribution in [3.05, 3.63) is 35.4 Å². The highest BCUT2D eigenvalue weighted by atomic mass is 16.6. The third-order valence-corrected chi connectivity index (χ3v) is 4.28. The van der Waals surface area contributed by atoms with Gasteiger partial charge < -0.3 is 14.8 Å². The minimum atomic E-state index is -1.32. The van der Waals surface area contributed by atoms with Gasteiger partial charge in [0.05, 0.1) is 7.11 Å². The molecule has 0 bridgehead atoms. The highest BCUT2D eigenvalue weighted by Gasteiger charge is 2.49. The van der Waals surface area contributed by atoms with E-state index in [4.69, 9.17) is 4.74 Å². The lowest BCUT2D eigenvalue weighted by Crippen LogP contribution is -2.43. The fourth-order valence-corrected chi connectivity index (χ4v) is 2.59. The number of rotatable bonds is 5. The molecule has 1 fully saturated rings. The standard InChI is InChI=1S/C18H21N3O7/c1-10-5-7-12(8-6-10)18(3)15(24)21(16(25)20-18)9-13(22)28-11(2)14(23)19-17(26)27-4/h5-8,11H,9H2,1-4H3,(H,20,25)(H,19,23,26)/t11-,18-/m1/s1. The van der Waals surface area contributed by atoms with E-state index in [2.05, 4.69) is 10.1 Å². The molecular formula is C18H21N3O7. The van der Waals surface area contributed by atoms with Crippen LogP contribution in [0.25, 0.3) is 0 Å². The molecule has 1 aliphatic heterocycles. The number of nitrogens with one attached hydrogen (secondary N) is 2. The molecule has 10 nitrogen and oxygen atoms in total. The quantitative estimate of drug-likeness (QED) is 0.554. The summed E-state index contributed by atoms with van der Waals surface area (Å²) < 4.78 is 9.14. The molecule has 0 spiro atoms. The van der Waals surface area contributed by atoms with E-state index in [0.717, 1.165) is 12.7 Å². The summed E-state index contributed by atoms with van der Waals surface area (Å²) in [7, 11) is 1.07. The number of methoxy groups -OCH3 is 1. The summed E-state index contributed by atoms with van der Waals surface area (Å²) in [5.74, 6) is -2.50. The van der Waals surface area contributed by atoms with Crippen LogP contribution in [0.4, 0.5) is 9.59 Å². The number of nitrogens with zero attached hydrogens (tertiary/aromatic N) is 1. The summed E-state index contributed by atoms with van der Waals surface area (Å²) in [4.78, 5) is 60.4. The SMILES string of the molecule is COC(=O)NC(=O)[C@@H](C)OC(=O)CN1C(=O)N[C@](C)(c2ccc(C)cc2)C1=O. The summed E-state index contributed by atoms with van der Waals surface area (Å²) in [6.45, 7) is 3.98. The third kappa shape index (κ3) is 4.27. The maximum absolute atomic E-state index is 12.8. The highest BCUT2D eigenvalue weighted by molar-refractivity contribution is 6.09. The molecule has 10 heteroatoms. The van der Waals surface area contributed by atoms with Crippen molar-refractivity contribution in [1.82, 2.24) is 15.5 Å². The van der Waals surface area contributed by atoms with E-state index >= 15 is 0 Å². The van der Waals surface area contributed by atoms with E-state index in [1.54, 1.807) is 24.3 Å². The first-order valence-electron chi connectivity index (χ1n) is 8.38. The molecule has 1 aromatic rings. The van der Waals surface area contributed by atoms with E-state index in [-0.39, 0.29) is 0 Å². The van der Waals surface area contributed by atoms with Crippen molar-refractivity contribution in [1.29, 1.82) is 0 Å². The van der Waals surface area contributed by atoms with Crippen LogP contribution in [0.2, 0.25) is 0 Å². The Kier molecular flexibility index (Phi) is 6.02. The van der Waals surface area contributed by atoms with Gasteiger partial charge in [0.2, 0.25) is 0 Å². The number of aryl methyl sites for hydroxylation is 1. The second kappa shape index (κ2) is 8.07. The lowest BCUT2D eigenvalue weighted by Gasteiger charge is -2.22. The molecule has 0 unspecified atom stereocenters. The molecule has 2 N–H and O–H groups in total. The van der Waals surface area contributed by atoms with Crippen molar-refractivity contribution < 1.29 is 33.4 Å². The van der Waals surface area contributed by atoms with Crippen LogP contribution in [-0.4, -0.2) is 54.6 Å². The first-order valence-corrected chi connectivity index (χ1v) is 8.38. The molecule has 0 aliphatic carbocycles. The van der Waals surface area contributed by atoms with Gasteiger partial charge in [0.25, 0.3) is 11.8 Å². The monoisotopic (exact) mass is 391 g/mol. The normalized spacial score (nSPS) is 19.6. The minimum Gasteiger partial charge on any atom is -0.453 e. The van der Waals surface area contributed by atoms with Crippen LogP contribution in [0.5, 0.6) is 0 Å². The largest absolute Gasteiger partial charge is 0.453 e. The Hall–Kier alpha value is -3.43. The van der Waals surface area contributed by atoms with E-state index in [9.17, 15) is 24.0 Å². The molecule has 0 aromatic heterocycles. The van der Waals surface area contributed by atoms with Crippen molar-refractivity contribution >= 4 is 29.9 Å². The van der Waals surface area contributed by atoms with Crippen LogP contribution < -0.4 is 10.6 Å². The molecule has 0 radical (unpaired) electrons. The summed E-state index contributed by atoms with van der Waals surface area (Å²) in [5, 5.41) is 4.42. The first kappa shape index (κ1) is 20.9. The van der Waals surface area contributed by atoms with Gasteiger partial charge in [0.15, 0.2) is 6.10 Å². The second-order valence-corrected chi connectivity index (χ2v) is 6.43. The molecule has 1 heterocycles. The van der Waals surface area contributed by atoms with Crippen molar-refractivity contribution in [3.63, 3.8) is 0 Å². The van der Waals surface area contributed by atoms with E-state index in [1.165, 1.54) is 13.8 Å². The highest BCUT2D eigenvalue weighted by Crippen LogP contribution is 2.28. The predicted molar refractivity (Wildman–Crippen MR) is 94.9 cm³/mol. The van der Waals surface area contributed by atoms with Gasteiger partial charge in [-0.1, -0.05) is 29.8 Å². The van der Waals surface area contributed by atoms with Crippen LogP contribution in [-0.2, 0) is 29.4 Å². The Bertz CT molecular complexity index is 821. The van der Waals surface area contributed by atoms with Gasteiger partial charge in [-0.05, 0) is 26.3 Å². The number of benzene rings is 1. The van der Waals surface area contributed by atoms with Gasteiger partial charge in [-0.2, -0.15) is 0 Å². The number of hydrogen-bond donors (Lipinski definition) is 2. The lowest BCUT2D eigenvalue weighted by molar-refractivity contribution is -0.156. The topological polar surface area (TPSA) is 131 Å². The van der Waals surface area contributed by atoms with Gasteiger partial charge >= 0.3 is 18.1 Å². The Morgan fingerprint density at radius 3 is 2.39 bits per heavy atom. The number of urea groups is 1. The zero-order valence-electron chi connectivity index (χ0n) is 15.9. The Morgan fingerprint density at radius 1 is 1.21 bits per heavy atom. The van der Waals surface area contributed by atoms with Crippen LogP contribution in [0.3, 0.4) is 0 Å². The van der Waals surface area contributed by atoms with Gasteiger partial charge in [0, 0.05) is 0 Å². The van der Waals surface area contributed by atoms with Crippen molar-refractivity contribution in [2.45, 2.75) is 32.4 Å². The third-order valence-electron chi connectivity index (χ3n) is 4.28. The number of amides is 5. The summed E-state index contributed by atoms with van der Waals surface area (Å²) in [5.41, 5.74) is 0.237. The molecule has 1 saturated heterocycles. The van der Waals surface area contributed by atoms with Crippen LogP contribution in [0.15, 0.2) is 24.3 Å². The van der Waals surface area contributed by atoms with Crippen molar-refractivity contribution in [3.8, 4) is 0 Å². The molecule has 1 aliphatic rings. The van der Waals surface area contributed by atoms with Gasteiger partial charge in [-0.3, -0.25) is 24.6 Å². The maximum atomic E-state index is 12.8. The predicted octanol–water partition coefficient (Wildman–Crippen LogP) is 0.576. The number of carbonyl (C=O) groups excluding carboxylic acids is 5. The molecule has 28 heavy (non-hydrogen) atoms. The number of alkyl carbamates (subject to hydrolysis) is 1. The van der Waals surface area contributed by atoms with Gasteiger partial charge in [0.1, 0.15) is 12.1 Å². The molecular weight excluding hydrogens is 370 g/mol. The smallest absolute Gasteiger partial charge is 0.413 e. The summed E-state index contributed by atoms with van der Waals surface area (Å²) >= 11 is 0. The number of hydrogen-bond acceptors (Lipinski definition) is 7. The van der Waals surface area contributed by atoms with E-state index in [0.29, 0.717) is 10.5 Å². The number of esters is 1. The van der Waals surface area contributed by atoms with Crippen molar-refractivity contribution in [2.75, 3.05) is 13.7 Å². The molecule has 150 valence electrons. The summed E-state index contributed by atoms with van der Waals surface area (Å²) in [6.07, 6.45) is -2.33. The molecule has 2 rings (SSSR count). The lowest BCUT2D eigenvalue weighted by atomic mass is 9.91. The molecule has 5 amide bonds. The average molecular weight is 391 g/mol. The van der Waals surface area contributed by atoms with E-state index in [1.807, 2.05) is 12.2 Å². The zero-order chi connectivity index (χ0) is 21.1. The molecule has 0 saturated carbocycles. The zero-order valence-corrected chi connectivity index (χ0v) is 15.9. The number of carbonyl (C=O) groups is 5. The Labute approximate surface area is 161 Å². The maximum Gasteiger partial charge on any atom is 0.413 e. The van der Waals surface area contributed by atoms with Crippen LogP contribution >= 0.6 is 0 Å². The molecule has 1 aromatic carbocycles. The fourth-order valence-electron chi connectivity index (χ4n) is 2.59. The first-order chi connectivity index (χ1) is 13.1. The fraction of sp³-hybridized carbons (Fsp3) is 0.389. The van der Waals surface area contributed by atoms with Crippen LogP contribution in [0, 0.1) is 6.92 Å². The van der Waals surface area contributed by atoms with Crippen molar-refractivity contribution in [2.24, 2.45) is 0 Å².